The van der Waals surface area contributed by atoms with E-state index in [4.69, 9.17) is 21.5 Å². The zero-order valence-electron chi connectivity index (χ0n) is 14.6. The van der Waals surface area contributed by atoms with Crippen LogP contribution in [-0.2, 0) is 23.3 Å². The number of halogens is 1. The van der Waals surface area contributed by atoms with Crippen molar-refractivity contribution in [3.63, 3.8) is 0 Å². The first-order chi connectivity index (χ1) is 13.3. The van der Waals surface area contributed by atoms with E-state index in [1.165, 1.54) is 16.8 Å². The van der Waals surface area contributed by atoms with Crippen molar-refractivity contribution < 1.29 is 17.9 Å². The van der Waals surface area contributed by atoms with E-state index in [0.717, 1.165) is 5.56 Å². The second-order valence-electron chi connectivity index (χ2n) is 5.82. The smallest absolute Gasteiger partial charge is 0.272 e. The van der Waals surface area contributed by atoms with E-state index in [1.807, 2.05) is 0 Å². The summed E-state index contributed by atoms with van der Waals surface area (Å²) in [7, 11) is -3.74. The van der Waals surface area contributed by atoms with Gasteiger partial charge in [-0.05, 0) is 35.9 Å². The number of benzene rings is 2. The van der Waals surface area contributed by atoms with Crippen LogP contribution in [0.1, 0.15) is 16.1 Å². The van der Waals surface area contributed by atoms with Crippen molar-refractivity contribution in [1.29, 1.82) is 0 Å². The number of carbonyl (C=O) groups is 1. The highest BCUT2D eigenvalue weighted by molar-refractivity contribution is 7.89. The zero-order chi connectivity index (χ0) is 20.1. The minimum Gasteiger partial charge on any atom is -0.470 e. The fourth-order valence-electron chi connectivity index (χ4n) is 2.32. The van der Waals surface area contributed by atoms with Crippen molar-refractivity contribution in [3.8, 4) is 5.75 Å². The Morgan fingerprint density at radius 3 is 2.54 bits per heavy atom. The maximum absolute atomic E-state index is 12.2. The summed E-state index contributed by atoms with van der Waals surface area (Å²) in [5, 5.41) is 12.4. The number of hydrogen-bond donors (Lipinski definition) is 2. The normalized spacial score (nSPS) is 11.2. The van der Waals surface area contributed by atoms with Crippen LogP contribution in [0.5, 0.6) is 5.75 Å². The van der Waals surface area contributed by atoms with Crippen LogP contribution in [0, 0.1) is 0 Å². The molecule has 8 nitrogen and oxygen atoms in total. The van der Waals surface area contributed by atoms with Crippen LogP contribution in [0.2, 0.25) is 5.02 Å². The highest BCUT2D eigenvalue weighted by Gasteiger charge is 2.11. The van der Waals surface area contributed by atoms with Crippen molar-refractivity contribution in [3.05, 3.63) is 77.1 Å². The van der Waals surface area contributed by atoms with Crippen LogP contribution < -0.4 is 15.2 Å². The van der Waals surface area contributed by atoms with Gasteiger partial charge in [-0.15, -0.1) is 0 Å². The van der Waals surface area contributed by atoms with Gasteiger partial charge < -0.3 is 10.1 Å². The number of hydrogen-bond acceptors (Lipinski definition) is 5. The SMILES string of the molecule is NS(=O)(=O)c1ccc(CNC(=O)c2ccn(COc3ccccc3Cl)n2)cc1. The Morgan fingerprint density at radius 2 is 1.86 bits per heavy atom. The van der Waals surface area contributed by atoms with Gasteiger partial charge in [-0.3, -0.25) is 4.79 Å². The third-order valence-corrected chi connectivity index (χ3v) is 5.01. The van der Waals surface area contributed by atoms with Gasteiger partial charge >= 0.3 is 0 Å². The number of ether oxygens (including phenoxy) is 1. The lowest BCUT2D eigenvalue weighted by Crippen LogP contribution is -2.23. The molecular formula is C18H17ClN4O4S. The highest BCUT2D eigenvalue weighted by Crippen LogP contribution is 2.23. The maximum Gasteiger partial charge on any atom is 0.272 e. The number of nitrogens with two attached hydrogens (primary N) is 1. The molecule has 0 aliphatic carbocycles. The lowest BCUT2D eigenvalue weighted by Gasteiger charge is -2.07. The molecule has 0 spiro atoms. The summed E-state index contributed by atoms with van der Waals surface area (Å²) in [6, 6.07) is 14.6. The molecular weight excluding hydrogens is 404 g/mol. The van der Waals surface area contributed by atoms with Crippen molar-refractivity contribution >= 4 is 27.5 Å². The topological polar surface area (TPSA) is 116 Å². The first-order valence-corrected chi connectivity index (χ1v) is 10.1. The second-order valence-corrected chi connectivity index (χ2v) is 7.78. The van der Waals surface area contributed by atoms with Crippen LogP contribution in [0.25, 0.3) is 0 Å². The van der Waals surface area contributed by atoms with E-state index < -0.39 is 10.0 Å². The summed E-state index contributed by atoms with van der Waals surface area (Å²) in [5.74, 6) is 0.153. The molecule has 2 aromatic carbocycles. The summed E-state index contributed by atoms with van der Waals surface area (Å²) >= 11 is 6.02. The van der Waals surface area contributed by atoms with E-state index in [-0.39, 0.29) is 29.8 Å². The number of sulfonamides is 1. The van der Waals surface area contributed by atoms with Crippen LogP contribution in [0.4, 0.5) is 0 Å². The summed E-state index contributed by atoms with van der Waals surface area (Å²) in [5.41, 5.74) is 0.950. The number of para-hydroxylation sites is 1. The molecule has 0 saturated carbocycles. The van der Waals surface area contributed by atoms with Crippen LogP contribution >= 0.6 is 11.6 Å². The quantitative estimate of drug-likeness (QED) is 0.607. The Balaban J connectivity index is 1.55. The Bertz CT molecular complexity index is 1080. The van der Waals surface area contributed by atoms with Gasteiger partial charge in [0.15, 0.2) is 6.73 Å². The minimum absolute atomic E-state index is 0.0137. The molecule has 0 fully saturated rings. The Labute approximate surface area is 166 Å². The third kappa shape index (κ3) is 5.10. The molecule has 3 N–H and O–H groups in total. The van der Waals surface area contributed by atoms with E-state index in [1.54, 1.807) is 48.7 Å². The summed E-state index contributed by atoms with van der Waals surface area (Å²) in [4.78, 5) is 12.2. The molecule has 146 valence electrons. The van der Waals surface area contributed by atoms with Crippen molar-refractivity contribution in [2.24, 2.45) is 5.14 Å². The molecule has 1 heterocycles. The maximum atomic E-state index is 12.2. The Hall–Kier alpha value is -2.88. The van der Waals surface area contributed by atoms with Gasteiger partial charge in [0.1, 0.15) is 11.4 Å². The van der Waals surface area contributed by atoms with Crippen molar-refractivity contribution in [2.45, 2.75) is 18.2 Å². The lowest BCUT2D eigenvalue weighted by molar-refractivity contribution is 0.0944. The van der Waals surface area contributed by atoms with Gasteiger partial charge in [-0.25, -0.2) is 18.2 Å². The molecule has 3 rings (SSSR count). The third-order valence-electron chi connectivity index (χ3n) is 3.77. The molecule has 28 heavy (non-hydrogen) atoms. The van der Waals surface area contributed by atoms with Crippen LogP contribution in [0.15, 0.2) is 65.7 Å². The van der Waals surface area contributed by atoms with Gasteiger partial charge in [-0.1, -0.05) is 35.9 Å². The Kier molecular flexibility index (Phi) is 5.98. The van der Waals surface area contributed by atoms with Gasteiger partial charge in [-0.2, -0.15) is 5.10 Å². The van der Waals surface area contributed by atoms with Gasteiger partial charge in [0.05, 0.1) is 9.92 Å². The molecule has 0 radical (unpaired) electrons. The number of amides is 1. The van der Waals surface area contributed by atoms with Crippen LogP contribution in [0.3, 0.4) is 0 Å². The number of nitrogens with zero attached hydrogens (tertiary/aromatic N) is 2. The van der Waals surface area contributed by atoms with Crippen molar-refractivity contribution in [1.82, 2.24) is 15.1 Å². The molecule has 1 aromatic heterocycles. The van der Waals surface area contributed by atoms with E-state index in [9.17, 15) is 13.2 Å². The molecule has 0 aliphatic rings. The molecule has 0 saturated heterocycles. The predicted octanol–water partition coefficient (Wildman–Crippen LogP) is 2.15. The molecule has 0 aliphatic heterocycles. The lowest BCUT2D eigenvalue weighted by atomic mass is 10.2. The van der Waals surface area contributed by atoms with Gasteiger partial charge in [0, 0.05) is 12.7 Å². The van der Waals surface area contributed by atoms with E-state index in [0.29, 0.717) is 10.8 Å². The van der Waals surface area contributed by atoms with E-state index >= 15 is 0 Å². The molecule has 3 aromatic rings. The fourth-order valence-corrected chi connectivity index (χ4v) is 3.03. The average Bonchev–Trinajstić information content (AvgIpc) is 3.14. The highest BCUT2D eigenvalue weighted by atomic mass is 35.5. The standard InChI is InChI=1S/C18H17ClN4O4S/c19-15-3-1-2-4-17(15)27-12-23-10-9-16(22-23)18(24)21-11-13-5-7-14(8-6-13)28(20,25)26/h1-10H,11-12H2,(H,21,24)(H2,20,25,26). The first-order valence-electron chi connectivity index (χ1n) is 8.13. The minimum atomic E-state index is -3.74. The average molecular weight is 421 g/mol. The monoisotopic (exact) mass is 420 g/mol. The first kappa shape index (κ1) is 19.9. The van der Waals surface area contributed by atoms with E-state index in [2.05, 4.69) is 10.4 Å². The second kappa shape index (κ2) is 8.42. The number of aromatic nitrogens is 2. The summed E-state index contributed by atoms with van der Waals surface area (Å²) < 4.78 is 29.5. The molecule has 0 atom stereocenters. The number of primary sulfonamides is 1. The zero-order valence-corrected chi connectivity index (χ0v) is 16.2. The summed E-state index contributed by atoms with van der Waals surface area (Å²) in [6.45, 7) is 0.318. The molecule has 0 bridgehead atoms. The number of carbonyl (C=O) groups excluding carboxylic acids is 1. The molecule has 10 heteroatoms. The van der Waals surface area contributed by atoms with Crippen LogP contribution in [-0.4, -0.2) is 24.1 Å². The number of nitrogens with one attached hydrogen (secondary N) is 1. The van der Waals surface area contributed by atoms with Gasteiger partial charge in [0.2, 0.25) is 10.0 Å². The largest absolute Gasteiger partial charge is 0.470 e. The van der Waals surface area contributed by atoms with Crippen molar-refractivity contribution in [2.75, 3.05) is 0 Å². The predicted molar refractivity (Wildman–Crippen MR) is 103 cm³/mol. The van der Waals surface area contributed by atoms with Gasteiger partial charge in [0.25, 0.3) is 5.91 Å². The molecule has 0 unspecified atom stereocenters. The Morgan fingerprint density at radius 1 is 1.14 bits per heavy atom. The molecule has 1 amide bonds. The summed E-state index contributed by atoms with van der Waals surface area (Å²) in [6.07, 6.45) is 1.62. The fraction of sp³-hybridized carbons (Fsp3) is 0.111. The number of rotatable bonds is 7.